The Balaban J connectivity index is 4.14. The summed E-state index contributed by atoms with van der Waals surface area (Å²) in [4.78, 5) is 14.9. The summed E-state index contributed by atoms with van der Waals surface area (Å²) in [7, 11) is 0. The van der Waals surface area contributed by atoms with Crippen LogP contribution in [-0.4, -0.2) is 22.6 Å². The van der Waals surface area contributed by atoms with E-state index in [1.807, 2.05) is 20.8 Å². The van der Waals surface area contributed by atoms with Crippen molar-refractivity contribution < 1.29 is 4.79 Å². The van der Waals surface area contributed by atoms with Gasteiger partial charge in [0, 0.05) is 5.54 Å². The molecule has 0 aromatic heterocycles. The maximum atomic E-state index is 11.3. The number of carbonyl (C=O) groups excluding carboxylic acids is 1. The van der Waals surface area contributed by atoms with E-state index in [0.29, 0.717) is 0 Å². The minimum atomic E-state index is -0.443. The van der Waals surface area contributed by atoms with Crippen LogP contribution in [0.3, 0.4) is 0 Å². The van der Waals surface area contributed by atoms with Crippen LogP contribution in [0.15, 0.2) is 4.99 Å². The van der Waals surface area contributed by atoms with Crippen LogP contribution in [0.25, 0.3) is 0 Å². The summed E-state index contributed by atoms with van der Waals surface area (Å²) in [5.74, 6) is -0.125. The minimum Gasteiger partial charge on any atom is -0.350 e. The predicted molar refractivity (Wildman–Crippen MR) is 52.4 cm³/mol. The first-order valence-corrected chi connectivity index (χ1v) is 4.16. The molecule has 0 bridgehead atoms. The van der Waals surface area contributed by atoms with Gasteiger partial charge >= 0.3 is 0 Å². The predicted octanol–water partition coefficient (Wildman–Crippen LogP) is 1.39. The highest BCUT2D eigenvalue weighted by atomic mass is 32.1. The molecule has 1 unspecified atom stereocenters. The van der Waals surface area contributed by atoms with Crippen LogP contribution in [0.4, 0.5) is 0 Å². The van der Waals surface area contributed by atoms with E-state index in [9.17, 15) is 4.79 Å². The van der Waals surface area contributed by atoms with Gasteiger partial charge in [0.1, 0.15) is 6.04 Å². The molecular formula is C8H14N2OS. The number of isothiocyanates is 1. The van der Waals surface area contributed by atoms with E-state index in [1.54, 1.807) is 6.92 Å². The molecule has 0 saturated heterocycles. The number of hydrogen-bond acceptors (Lipinski definition) is 3. The van der Waals surface area contributed by atoms with Gasteiger partial charge in [-0.1, -0.05) is 0 Å². The molecule has 0 aliphatic heterocycles. The van der Waals surface area contributed by atoms with E-state index in [0.717, 1.165) is 0 Å². The standard InChI is InChI=1S/C8H14N2OS/c1-6(9-5-12)7(11)10-8(2,3)4/h6H,1-4H3,(H,10,11). The fourth-order valence-electron chi connectivity index (χ4n) is 0.612. The van der Waals surface area contributed by atoms with Gasteiger partial charge in [-0.25, -0.2) is 4.99 Å². The van der Waals surface area contributed by atoms with Crippen molar-refractivity contribution in [2.45, 2.75) is 39.3 Å². The Labute approximate surface area is 78.3 Å². The normalized spacial score (nSPS) is 13.0. The molecule has 0 rings (SSSR count). The molecule has 12 heavy (non-hydrogen) atoms. The molecule has 0 aliphatic carbocycles. The van der Waals surface area contributed by atoms with Crippen molar-refractivity contribution in [1.82, 2.24) is 5.32 Å². The second-order valence-corrected chi connectivity index (χ2v) is 3.82. The molecule has 0 fully saturated rings. The smallest absolute Gasteiger partial charge is 0.245 e. The Kier molecular flexibility index (Phi) is 4.07. The Bertz CT molecular complexity index is 214. The zero-order chi connectivity index (χ0) is 9.78. The molecule has 1 N–H and O–H groups in total. The number of amides is 1. The van der Waals surface area contributed by atoms with Gasteiger partial charge in [-0.15, -0.1) is 0 Å². The zero-order valence-corrected chi connectivity index (χ0v) is 8.66. The van der Waals surface area contributed by atoms with Crippen molar-refractivity contribution in [2.24, 2.45) is 4.99 Å². The number of thiocarbonyl (C=S) groups is 1. The van der Waals surface area contributed by atoms with E-state index < -0.39 is 6.04 Å². The SMILES string of the molecule is CC(N=C=S)C(=O)NC(C)(C)C. The highest BCUT2D eigenvalue weighted by molar-refractivity contribution is 7.78. The van der Waals surface area contributed by atoms with Gasteiger partial charge in [-0.05, 0) is 39.9 Å². The molecule has 0 aliphatic rings. The molecule has 0 heterocycles. The van der Waals surface area contributed by atoms with Crippen molar-refractivity contribution in [1.29, 1.82) is 0 Å². The Morgan fingerprint density at radius 2 is 2.08 bits per heavy atom. The second-order valence-electron chi connectivity index (χ2n) is 3.64. The third kappa shape index (κ3) is 4.99. The lowest BCUT2D eigenvalue weighted by Gasteiger charge is -2.21. The van der Waals surface area contributed by atoms with E-state index >= 15 is 0 Å². The van der Waals surface area contributed by atoms with Crippen LogP contribution in [0.1, 0.15) is 27.7 Å². The first-order valence-electron chi connectivity index (χ1n) is 3.76. The molecule has 68 valence electrons. The monoisotopic (exact) mass is 186 g/mol. The summed E-state index contributed by atoms with van der Waals surface area (Å²) in [6, 6.07) is -0.443. The molecule has 0 saturated carbocycles. The van der Waals surface area contributed by atoms with Crippen molar-refractivity contribution in [3.63, 3.8) is 0 Å². The highest BCUT2D eigenvalue weighted by Crippen LogP contribution is 2.00. The van der Waals surface area contributed by atoms with Crippen LogP contribution in [0.5, 0.6) is 0 Å². The minimum absolute atomic E-state index is 0.125. The van der Waals surface area contributed by atoms with Crippen LogP contribution in [0, 0.1) is 0 Å². The first kappa shape index (κ1) is 11.3. The maximum absolute atomic E-state index is 11.3. The van der Waals surface area contributed by atoms with Gasteiger partial charge in [0.15, 0.2) is 0 Å². The van der Waals surface area contributed by atoms with Crippen molar-refractivity contribution in [3.05, 3.63) is 0 Å². The average molecular weight is 186 g/mol. The summed E-state index contributed by atoms with van der Waals surface area (Å²) in [6.45, 7) is 7.43. The average Bonchev–Trinajstić information content (AvgIpc) is 1.84. The second kappa shape index (κ2) is 4.33. The summed E-state index contributed by atoms with van der Waals surface area (Å²) >= 11 is 4.39. The molecule has 0 aromatic rings. The highest BCUT2D eigenvalue weighted by Gasteiger charge is 2.17. The van der Waals surface area contributed by atoms with Crippen molar-refractivity contribution >= 4 is 23.3 Å². The van der Waals surface area contributed by atoms with Gasteiger partial charge in [-0.3, -0.25) is 4.79 Å². The lowest BCUT2D eigenvalue weighted by Crippen LogP contribution is -2.44. The zero-order valence-electron chi connectivity index (χ0n) is 7.84. The Morgan fingerprint density at radius 1 is 1.58 bits per heavy atom. The largest absolute Gasteiger partial charge is 0.350 e. The van der Waals surface area contributed by atoms with E-state index in [2.05, 4.69) is 27.7 Å². The van der Waals surface area contributed by atoms with Gasteiger partial charge in [0.05, 0.1) is 5.16 Å². The van der Waals surface area contributed by atoms with Crippen LogP contribution >= 0.6 is 12.2 Å². The van der Waals surface area contributed by atoms with E-state index in [4.69, 9.17) is 0 Å². The topological polar surface area (TPSA) is 41.5 Å². The molecule has 0 radical (unpaired) electrons. The lowest BCUT2D eigenvalue weighted by atomic mass is 10.1. The van der Waals surface area contributed by atoms with Crippen LogP contribution in [0.2, 0.25) is 0 Å². The molecule has 4 heteroatoms. The van der Waals surface area contributed by atoms with Gasteiger partial charge in [0.2, 0.25) is 5.91 Å². The third-order valence-corrected chi connectivity index (χ3v) is 1.23. The number of nitrogens with one attached hydrogen (secondary N) is 1. The quantitative estimate of drug-likeness (QED) is 0.523. The molecule has 0 spiro atoms. The summed E-state index contributed by atoms with van der Waals surface area (Å²) < 4.78 is 0. The fraction of sp³-hybridized carbons (Fsp3) is 0.750. The van der Waals surface area contributed by atoms with Crippen LogP contribution < -0.4 is 5.32 Å². The number of hydrogen-bond donors (Lipinski definition) is 1. The van der Waals surface area contributed by atoms with Crippen LogP contribution in [-0.2, 0) is 4.79 Å². The lowest BCUT2D eigenvalue weighted by molar-refractivity contribution is -0.123. The fourth-order valence-corrected chi connectivity index (χ4v) is 0.770. The molecular weight excluding hydrogens is 172 g/mol. The molecule has 3 nitrogen and oxygen atoms in total. The number of aliphatic imine (C=N–C) groups is 1. The Morgan fingerprint density at radius 3 is 2.42 bits per heavy atom. The van der Waals surface area contributed by atoms with E-state index in [1.165, 1.54) is 0 Å². The van der Waals surface area contributed by atoms with E-state index in [-0.39, 0.29) is 11.4 Å². The summed E-state index contributed by atoms with van der Waals surface area (Å²) in [5.41, 5.74) is -0.220. The summed E-state index contributed by atoms with van der Waals surface area (Å²) in [6.07, 6.45) is 0. The number of rotatable bonds is 2. The molecule has 0 aromatic carbocycles. The van der Waals surface area contributed by atoms with Gasteiger partial charge in [0.25, 0.3) is 0 Å². The maximum Gasteiger partial charge on any atom is 0.245 e. The number of carbonyl (C=O) groups is 1. The Hall–Kier alpha value is -0.730. The van der Waals surface area contributed by atoms with Crippen molar-refractivity contribution in [3.8, 4) is 0 Å². The molecule has 1 amide bonds. The molecule has 1 atom stereocenters. The van der Waals surface area contributed by atoms with Gasteiger partial charge in [-0.2, -0.15) is 0 Å². The first-order chi connectivity index (χ1) is 5.37. The van der Waals surface area contributed by atoms with Gasteiger partial charge < -0.3 is 5.32 Å². The third-order valence-electron chi connectivity index (χ3n) is 1.12. The van der Waals surface area contributed by atoms with Crippen molar-refractivity contribution in [2.75, 3.05) is 0 Å². The summed E-state index contributed by atoms with van der Waals surface area (Å²) in [5, 5.41) is 4.97. The number of nitrogens with zero attached hydrogens (tertiary/aromatic N) is 1.